The van der Waals surface area contributed by atoms with Gasteiger partial charge in [0.2, 0.25) is 0 Å². The van der Waals surface area contributed by atoms with E-state index in [1.165, 1.54) is 0 Å². The molecule has 1 aromatic rings. The number of hydrogen-bond donors (Lipinski definition) is 1. The first-order chi connectivity index (χ1) is 7.70. The quantitative estimate of drug-likeness (QED) is 0.863. The Bertz CT molecular complexity index is 362. The zero-order valence-electron chi connectivity index (χ0n) is 9.50. The van der Waals surface area contributed by atoms with Crippen LogP contribution >= 0.6 is 11.6 Å². The van der Waals surface area contributed by atoms with Gasteiger partial charge in [0.25, 0.3) is 0 Å². The van der Waals surface area contributed by atoms with E-state index in [2.05, 4.69) is 12.2 Å². The Morgan fingerprint density at radius 1 is 1.50 bits per heavy atom. The van der Waals surface area contributed by atoms with E-state index in [0.717, 1.165) is 18.7 Å². The Balaban J connectivity index is 2.12. The highest BCUT2D eigenvalue weighted by Crippen LogP contribution is 2.29. The van der Waals surface area contributed by atoms with Crippen molar-refractivity contribution in [2.45, 2.75) is 19.1 Å². The molecular formula is C12H16ClNO2. The van der Waals surface area contributed by atoms with Crippen LogP contribution in [0.4, 0.5) is 0 Å². The molecule has 88 valence electrons. The fourth-order valence-corrected chi connectivity index (χ4v) is 2.05. The number of nitrogens with one attached hydrogen (secondary N) is 1. The second kappa shape index (κ2) is 5.04. The molecule has 0 radical (unpaired) electrons. The van der Waals surface area contributed by atoms with Gasteiger partial charge in [-0.1, -0.05) is 17.7 Å². The monoisotopic (exact) mass is 241 g/mol. The lowest BCUT2D eigenvalue weighted by Gasteiger charge is -2.28. The van der Waals surface area contributed by atoms with E-state index in [9.17, 15) is 0 Å². The molecule has 0 amide bonds. The maximum absolute atomic E-state index is 6.08. The molecule has 1 fully saturated rings. The van der Waals surface area contributed by atoms with Gasteiger partial charge < -0.3 is 14.8 Å². The van der Waals surface area contributed by atoms with Crippen molar-refractivity contribution in [3.05, 3.63) is 28.8 Å². The molecule has 1 aliphatic rings. The number of hydrogen-bond acceptors (Lipinski definition) is 3. The highest BCUT2D eigenvalue weighted by Gasteiger charge is 2.20. The van der Waals surface area contributed by atoms with Crippen LogP contribution in [-0.4, -0.2) is 26.3 Å². The van der Waals surface area contributed by atoms with Gasteiger partial charge in [0.15, 0.2) is 0 Å². The topological polar surface area (TPSA) is 30.5 Å². The molecular weight excluding hydrogens is 226 g/mol. The van der Waals surface area contributed by atoms with Crippen LogP contribution in [0, 0.1) is 0 Å². The summed E-state index contributed by atoms with van der Waals surface area (Å²) in [6, 6.07) is 6.19. The predicted molar refractivity (Wildman–Crippen MR) is 64.2 cm³/mol. The number of ether oxygens (including phenoxy) is 2. The molecule has 2 rings (SSSR count). The molecule has 0 saturated carbocycles. The molecule has 16 heavy (non-hydrogen) atoms. The van der Waals surface area contributed by atoms with Crippen molar-refractivity contribution in [2.75, 3.05) is 20.3 Å². The number of halogens is 1. The van der Waals surface area contributed by atoms with Gasteiger partial charge >= 0.3 is 0 Å². The lowest BCUT2D eigenvalue weighted by Crippen LogP contribution is -2.40. The summed E-state index contributed by atoms with van der Waals surface area (Å²) in [5, 5.41) is 4.01. The van der Waals surface area contributed by atoms with Gasteiger partial charge in [-0.2, -0.15) is 0 Å². The first-order valence-electron chi connectivity index (χ1n) is 5.39. The van der Waals surface area contributed by atoms with Gasteiger partial charge in [-0.05, 0) is 24.6 Å². The minimum atomic E-state index is 0.0830. The molecule has 2 unspecified atom stereocenters. The number of methoxy groups -OCH3 is 1. The van der Waals surface area contributed by atoms with Crippen molar-refractivity contribution in [1.29, 1.82) is 0 Å². The molecule has 1 N–H and O–H groups in total. The minimum Gasteiger partial charge on any atom is -0.495 e. The zero-order valence-corrected chi connectivity index (χ0v) is 10.3. The summed E-state index contributed by atoms with van der Waals surface area (Å²) in [4.78, 5) is 0. The van der Waals surface area contributed by atoms with Crippen molar-refractivity contribution in [1.82, 2.24) is 5.32 Å². The number of benzene rings is 1. The average molecular weight is 242 g/mol. The van der Waals surface area contributed by atoms with E-state index in [-0.39, 0.29) is 6.10 Å². The summed E-state index contributed by atoms with van der Waals surface area (Å²) in [6.07, 6.45) is 0.0830. The largest absolute Gasteiger partial charge is 0.495 e. The first-order valence-corrected chi connectivity index (χ1v) is 5.77. The summed E-state index contributed by atoms with van der Waals surface area (Å²) in [7, 11) is 1.61. The smallest absolute Gasteiger partial charge is 0.137 e. The van der Waals surface area contributed by atoms with Crippen molar-refractivity contribution in [3.63, 3.8) is 0 Å². The molecule has 3 nitrogen and oxygen atoms in total. The second-order valence-electron chi connectivity index (χ2n) is 4.03. The fraction of sp³-hybridized carbons (Fsp3) is 0.500. The van der Waals surface area contributed by atoms with Crippen molar-refractivity contribution >= 4 is 11.6 Å². The molecule has 2 atom stereocenters. The standard InChI is InChI=1S/C12H16ClNO2/c1-8-7-16-12(6-14-8)9-3-4-11(15-2)10(13)5-9/h3-5,8,12,14H,6-7H2,1-2H3. The normalized spacial score (nSPS) is 25.4. The van der Waals surface area contributed by atoms with E-state index in [1.54, 1.807) is 7.11 Å². The van der Waals surface area contributed by atoms with E-state index in [1.807, 2.05) is 18.2 Å². The summed E-state index contributed by atoms with van der Waals surface area (Å²) in [6.45, 7) is 3.66. The van der Waals surface area contributed by atoms with Gasteiger partial charge in [-0.3, -0.25) is 0 Å². The van der Waals surface area contributed by atoms with Gasteiger partial charge in [-0.15, -0.1) is 0 Å². The van der Waals surface area contributed by atoms with E-state index in [0.29, 0.717) is 16.8 Å². The lowest BCUT2D eigenvalue weighted by molar-refractivity contribution is 0.00694. The molecule has 1 saturated heterocycles. The SMILES string of the molecule is COc1ccc(C2CNC(C)CO2)cc1Cl. The third kappa shape index (κ3) is 2.48. The Morgan fingerprint density at radius 2 is 2.31 bits per heavy atom. The third-order valence-corrected chi connectivity index (χ3v) is 3.04. The van der Waals surface area contributed by atoms with Crippen LogP contribution in [0.3, 0.4) is 0 Å². The predicted octanol–water partition coefficient (Wildman–Crippen LogP) is 2.40. The molecule has 0 spiro atoms. The summed E-state index contributed by atoms with van der Waals surface area (Å²) in [5.41, 5.74) is 1.09. The average Bonchev–Trinajstić information content (AvgIpc) is 2.30. The van der Waals surface area contributed by atoms with Crippen LogP contribution in [0.5, 0.6) is 5.75 Å². The Labute approximate surface area is 101 Å². The van der Waals surface area contributed by atoms with Crippen molar-refractivity contribution < 1.29 is 9.47 Å². The summed E-state index contributed by atoms with van der Waals surface area (Å²) >= 11 is 6.08. The third-order valence-electron chi connectivity index (χ3n) is 2.75. The molecule has 0 aliphatic carbocycles. The van der Waals surface area contributed by atoms with Crippen LogP contribution in [0.2, 0.25) is 5.02 Å². The van der Waals surface area contributed by atoms with Gasteiger partial charge in [-0.25, -0.2) is 0 Å². The molecule has 0 aromatic heterocycles. The van der Waals surface area contributed by atoms with E-state index >= 15 is 0 Å². The highest BCUT2D eigenvalue weighted by atomic mass is 35.5. The molecule has 4 heteroatoms. The minimum absolute atomic E-state index is 0.0830. The molecule has 1 aromatic carbocycles. The maximum atomic E-state index is 6.08. The van der Waals surface area contributed by atoms with Crippen LogP contribution in [0.25, 0.3) is 0 Å². The molecule has 0 bridgehead atoms. The highest BCUT2D eigenvalue weighted by molar-refractivity contribution is 6.32. The summed E-state index contributed by atoms with van der Waals surface area (Å²) < 4.78 is 10.9. The van der Waals surface area contributed by atoms with Crippen LogP contribution in [-0.2, 0) is 4.74 Å². The van der Waals surface area contributed by atoms with Crippen LogP contribution < -0.4 is 10.1 Å². The number of rotatable bonds is 2. The lowest BCUT2D eigenvalue weighted by atomic mass is 10.1. The second-order valence-corrected chi connectivity index (χ2v) is 4.43. The van der Waals surface area contributed by atoms with Crippen LogP contribution in [0.1, 0.15) is 18.6 Å². The Morgan fingerprint density at radius 3 is 2.88 bits per heavy atom. The Kier molecular flexibility index (Phi) is 3.69. The van der Waals surface area contributed by atoms with Crippen molar-refractivity contribution in [2.24, 2.45) is 0 Å². The van der Waals surface area contributed by atoms with Gasteiger partial charge in [0, 0.05) is 12.6 Å². The molecule has 1 aliphatic heterocycles. The van der Waals surface area contributed by atoms with Gasteiger partial charge in [0.1, 0.15) is 5.75 Å². The van der Waals surface area contributed by atoms with Crippen molar-refractivity contribution in [3.8, 4) is 5.75 Å². The maximum Gasteiger partial charge on any atom is 0.137 e. The van der Waals surface area contributed by atoms with E-state index in [4.69, 9.17) is 21.1 Å². The fourth-order valence-electron chi connectivity index (χ4n) is 1.78. The van der Waals surface area contributed by atoms with Crippen LogP contribution in [0.15, 0.2) is 18.2 Å². The van der Waals surface area contributed by atoms with Gasteiger partial charge in [0.05, 0.1) is 24.8 Å². The number of morpholine rings is 1. The molecule has 1 heterocycles. The first kappa shape index (κ1) is 11.7. The Hall–Kier alpha value is -0.770. The zero-order chi connectivity index (χ0) is 11.5. The summed E-state index contributed by atoms with van der Waals surface area (Å²) in [5.74, 6) is 0.697. The van der Waals surface area contributed by atoms with E-state index < -0.39 is 0 Å².